The van der Waals surface area contributed by atoms with Crippen molar-refractivity contribution in [3.8, 4) is 0 Å². The van der Waals surface area contributed by atoms with E-state index in [9.17, 15) is 9.18 Å². The normalized spacial score (nSPS) is 18.0. The number of nitrogen functional groups attached to an aromatic ring is 1. The fourth-order valence-electron chi connectivity index (χ4n) is 2.21. The van der Waals surface area contributed by atoms with Crippen LogP contribution in [0.5, 0.6) is 0 Å². The Kier molecular flexibility index (Phi) is 2.91. The Morgan fingerprint density at radius 1 is 1.53 bits per heavy atom. The molecule has 0 saturated heterocycles. The van der Waals surface area contributed by atoms with Gasteiger partial charge >= 0.3 is 0 Å². The third-order valence-electron chi connectivity index (χ3n) is 2.98. The molecule has 2 aromatic rings. The predicted octanol–water partition coefficient (Wildman–Crippen LogP) is 2.99. The quantitative estimate of drug-likeness (QED) is 0.850. The number of carbonyl (C=O) groups is 1. The Morgan fingerprint density at radius 2 is 2.32 bits per heavy atom. The van der Waals surface area contributed by atoms with Gasteiger partial charge < -0.3 is 11.1 Å². The summed E-state index contributed by atoms with van der Waals surface area (Å²) in [5, 5.41) is 3.28. The van der Waals surface area contributed by atoms with Gasteiger partial charge in [0.1, 0.15) is 11.6 Å². The van der Waals surface area contributed by atoms with Crippen molar-refractivity contribution in [2.75, 3.05) is 11.1 Å². The van der Waals surface area contributed by atoms with E-state index in [0.29, 0.717) is 21.5 Å². The summed E-state index contributed by atoms with van der Waals surface area (Å²) in [5.41, 5.74) is 5.97. The lowest BCUT2D eigenvalue weighted by Crippen LogP contribution is -2.23. The second kappa shape index (κ2) is 4.47. The minimum Gasteiger partial charge on any atom is -0.375 e. The number of carbonyl (C=O) groups excluding carboxylic acids is 1. The first-order valence-corrected chi connectivity index (χ1v) is 6.75. The van der Waals surface area contributed by atoms with Gasteiger partial charge in [0.25, 0.3) is 0 Å². The second-order valence-electron chi connectivity index (χ2n) is 4.21. The maximum absolute atomic E-state index is 14.0. The Balaban J connectivity index is 2.18. The lowest BCUT2D eigenvalue weighted by Gasteiger charge is -2.22. The Bertz CT molecular complexity index is 653. The van der Waals surface area contributed by atoms with Gasteiger partial charge in [0.05, 0.1) is 4.88 Å². The summed E-state index contributed by atoms with van der Waals surface area (Å²) < 4.78 is 14.0. The lowest BCUT2D eigenvalue weighted by atomic mass is 9.91. The van der Waals surface area contributed by atoms with Crippen LogP contribution in [0, 0.1) is 5.82 Å². The maximum Gasteiger partial charge on any atom is 0.226 e. The fourth-order valence-corrected chi connectivity index (χ4v) is 3.41. The van der Waals surface area contributed by atoms with Crippen molar-refractivity contribution in [2.24, 2.45) is 0 Å². The first-order valence-electron chi connectivity index (χ1n) is 5.56. The van der Waals surface area contributed by atoms with Crippen LogP contribution in [0.25, 0.3) is 0 Å². The number of nitrogens with two attached hydrogens (primary N) is 1. The number of amides is 1. The van der Waals surface area contributed by atoms with Crippen molar-refractivity contribution in [1.29, 1.82) is 0 Å². The molecule has 1 aliphatic rings. The molecule has 1 aromatic carbocycles. The topological polar surface area (TPSA) is 68.0 Å². The van der Waals surface area contributed by atoms with Gasteiger partial charge in [0.15, 0.2) is 5.13 Å². The number of anilines is 2. The van der Waals surface area contributed by atoms with Crippen LogP contribution in [0.4, 0.5) is 15.3 Å². The Morgan fingerprint density at radius 3 is 3.05 bits per heavy atom. The highest BCUT2D eigenvalue weighted by Crippen LogP contribution is 2.44. The average Bonchev–Trinajstić information content (AvgIpc) is 2.69. The zero-order valence-corrected chi connectivity index (χ0v) is 11.2. The largest absolute Gasteiger partial charge is 0.375 e. The SMILES string of the molecule is Nc1nc2c(s1)[C@@H](c1c(F)cccc1Cl)CC(=O)N2. The van der Waals surface area contributed by atoms with Gasteiger partial charge in [-0.25, -0.2) is 9.37 Å². The number of hydrogen-bond acceptors (Lipinski definition) is 4. The molecule has 1 aliphatic heterocycles. The number of nitrogens with one attached hydrogen (secondary N) is 1. The van der Waals surface area contributed by atoms with Crippen LogP contribution >= 0.6 is 22.9 Å². The lowest BCUT2D eigenvalue weighted by molar-refractivity contribution is -0.116. The third kappa shape index (κ3) is 2.06. The van der Waals surface area contributed by atoms with E-state index in [1.165, 1.54) is 23.5 Å². The highest BCUT2D eigenvalue weighted by atomic mass is 35.5. The standard InChI is InChI=1S/C12H9ClFN3OS/c13-6-2-1-3-7(14)9(6)5-4-8(18)16-11-10(5)19-12(15)17-11/h1-3,5H,4H2,(H2,15,17)(H,16,18)/t5-/m1/s1. The van der Waals surface area contributed by atoms with Crippen molar-refractivity contribution in [1.82, 2.24) is 4.98 Å². The van der Waals surface area contributed by atoms with E-state index in [0.717, 1.165) is 4.88 Å². The first kappa shape index (κ1) is 12.4. The molecular weight excluding hydrogens is 289 g/mol. The van der Waals surface area contributed by atoms with E-state index in [-0.39, 0.29) is 12.3 Å². The van der Waals surface area contributed by atoms with Crippen molar-refractivity contribution in [3.05, 3.63) is 39.5 Å². The summed E-state index contributed by atoms with van der Waals surface area (Å²) in [6, 6.07) is 4.47. The number of halogens is 2. The van der Waals surface area contributed by atoms with Gasteiger partial charge in [-0.05, 0) is 12.1 Å². The molecular formula is C12H9ClFN3OS. The van der Waals surface area contributed by atoms with Gasteiger partial charge in [-0.15, -0.1) is 0 Å². The molecule has 19 heavy (non-hydrogen) atoms. The van der Waals surface area contributed by atoms with Crippen LogP contribution < -0.4 is 11.1 Å². The summed E-state index contributed by atoms with van der Waals surface area (Å²) in [6.07, 6.45) is 0.134. The number of thiazole rings is 1. The molecule has 98 valence electrons. The first-order chi connectivity index (χ1) is 9.06. The van der Waals surface area contributed by atoms with Gasteiger partial charge in [0.2, 0.25) is 5.91 Å². The summed E-state index contributed by atoms with van der Waals surface area (Å²) in [6.45, 7) is 0. The molecule has 4 nitrogen and oxygen atoms in total. The summed E-state index contributed by atoms with van der Waals surface area (Å²) in [7, 11) is 0. The molecule has 0 fully saturated rings. The maximum atomic E-state index is 14.0. The van der Waals surface area contributed by atoms with Gasteiger partial charge in [0, 0.05) is 22.9 Å². The molecule has 0 radical (unpaired) electrons. The minimum atomic E-state index is -0.438. The van der Waals surface area contributed by atoms with Crippen molar-refractivity contribution >= 4 is 39.8 Å². The monoisotopic (exact) mass is 297 g/mol. The van der Waals surface area contributed by atoms with Crippen LogP contribution in [0.3, 0.4) is 0 Å². The number of aromatic nitrogens is 1. The zero-order valence-electron chi connectivity index (χ0n) is 9.61. The van der Waals surface area contributed by atoms with E-state index in [1.54, 1.807) is 6.07 Å². The molecule has 0 unspecified atom stereocenters. The summed E-state index contributed by atoms with van der Waals surface area (Å²) in [4.78, 5) is 16.5. The molecule has 0 aliphatic carbocycles. The summed E-state index contributed by atoms with van der Waals surface area (Å²) in [5.74, 6) is -0.678. The van der Waals surface area contributed by atoms with Crippen LogP contribution in [0.2, 0.25) is 5.02 Å². The zero-order chi connectivity index (χ0) is 13.6. The molecule has 0 saturated carbocycles. The third-order valence-corrected chi connectivity index (χ3v) is 4.31. The number of rotatable bonds is 1. The van der Waals surface area contributed by atoms with E-state index >= 15 is 0 Å². The molecule has 0 spiro atoms. The molecule has 7 heteroatoms. The number of nitrogens with zero attached hydrogens (tertiary/aromatic N) is 1. The van der Waals surface area contributed by atoms with Gasteiger partial charge in [-0.3, -0.25) is 4.79 Å². The van der Waals surface area contributed by atoms with Gasteiger partial charge in [-0.1, -0.05) is 29.0 Å². The van der Waals surface area contributed by atoms with Crippen LogP contribution in [0.1, 0.15) is 22.8 Å². The molecule has 1 aromatic heterocycles. The molecule has 3 N–H and O–H groups in total. The average molecular weight is 298 g/mol. The van der Waals surface area contributed by atoms with Crippen LogP contribution in [-0.4, -0.2) is 10.9 Å². The minimum absolute atomic E-state index is 0.134. The smallest absolute Gasteiger partial charge is 0.226 e. The fraction of sp³-hybridized carbons (Fsp3) is 0.167. The van der Waals surface area contributed by atoms with E-state index in [2.05, 4.69) is 10.3 Å². The van der Waals surface area contributed by atoms with Crippen molar-refractivity contribution in [2.45, 2.75) is 12.3 Å². The molecule has 1 amide bonds. The highest BCUT2D eigenvalue weighted by Gasteiger charge is 2.32. The second-order valence-corrected chi connectivity index (χ2v) is 5.67. The van der Waals surface area contributed by atoms with E-state index in [1.807, 2.05) is 0 Å². The predicted molar refractivity (Wildman–Crippen MR) is 73.0 cm³/mol. The number of fused-ring (bicyclic) bond motifs is 1. The molecule has 3 rings (SSSR count). The van der Waals surface area contributed by atoms with E-state index < -0.39 is 11.7 Å². The van der Waals surface area contributed by atoms with Crippen LogP contribution in [0.15, 0.2) is 18.2 Å². The van der Waals surface area contributed by atoms with Crippen molar-refractivity contribution < 1.29 is 9.18 Å². The molecule has 1 atom stereocenters. The molecule has 2 heterocycles. The number of hydrogen-bond donors (Lipinski definition) is 2. The van der Waals surface area contributed by atoms with Crippen LogP contribution in [-0.2, 0) is 4.79 Å². The Hall–Kier alpha value is -1.66. The van der Waals surface area contributed by atoms with E-state index in [4.69, 9.17) is 17.3 Å². The summed E-state index contributed by atoms with van der Waals surface area (Å²) >= 11 is 7.30. The highest BCUT2D eigenvalue weighted by molar-refractivity contribution is 7.16. The number of benzene rings is 1. The molecule has 0 bridgehead atoms. The van der Waals surface area contributed by atoms with Gasteiger partial charge in [-0.2, -0.15) is 0 Å². The Labute approximate surface area is 117 Å². The van der Waals surface area contributed by atoms with Crippen molar-refractivity contribution in [3.63, 3.8) is 0 Å².